The monoisotopic (exact) mass is 323 g/mol. The molecule has 2 rings (SSSR count). The standard InChI is InChI=1S/C14H17N3O6/c15-13-4-2-1-3-12(13)14(18)23-8-9-5-10(16(19)20)7-11(6-9)17(21)22/h5-7,12-13H,1-4,8,15H2/t12?,13-/m0/s1. The molecule has 1 aromatic rings. The van der Waals surface area contributed by atoms with Gasteiger partial charge in [-0.3, -0.25) is 25.0 Å². The van der Waals surface area contributed by atoms with Gasteiger partial charge in [-0.05, 0) is 12.8 Å². The predicted octanol–water partition coefficient (Wildman–Crippen LogP) is 2.06. The number of hydrogen-bond acceptors (Lipinski definition) is 7. The Balaban J connectivity index is 2.08. The van der Waals surface area contributed by atoms with Gasteiger partial charge >= 0.3 is 5.97 Å². The zero-order valence-corrected chi connectivity index (χ0v) is 12.3. The largest absolute Gasteiger partial charge is 0.461 e. The number of carbonyl (C=O) groups is 1. The fourth-order valence-corrected chi connectivity index (χ4v) is 2.66. The maximum atomic E-state index is 12.0. The molecule has 124 valence electrons. The molecule has 1 aliphatic rings. The molecule has 0 aliphatic heterocycles. The third-order valence-electron chi connectivity index (χ3n) is 3.89. The van der Waals surface area contributed by atoms with E-state index in [0.717, 1.165) is 37.5 Å². The predicted molar refractivity (Wildman–Crippen MR) is 79.5 cm³/mol. The van der Waals surface area contributed by atoms with Crippen molar-refractivity contribution >= 4 is 17.3 Å². The molecule has 0 spiro atoms. The quantitative estimate of drug-likeness (QED) is 0.497. The first-order valence-electron chi connectivity index (χ1n) is 7.23. The molecule has 0 radical (unpaired) electrons. The van der Waals surface area contributed by atoms with Gasteiger partial charge in [-0.1, -0.05) is 12.8 Å². The van der Waals surface area contributed by atoms with E-state index >= 15 is 0 Å². The molecular formula is C14H17N3O6. The summed E-state index contributed by atoms with van der Waals surface area (Å²) in [5.74, 6) is -0.858. The van der Waals surface area contributed by atoms with Crippen molar-refractivity contribution in [2.45, 2.75) is 38.3 Å². The number of nitro groups is 2. The van der Waals surface area contributed by atoms with Crippen LogP contribution < -0.4 is 5.73 Å². The van der Waals surface area contributed by atoms with Crippen LogP contribution in [0.15, 0.2) is 18.2 Å². The van der Waals surface area contributed by atoms with Gasteiger partial charge in [0.2, 0.25) is 0 Å². The van der Waals surface area contributed by atoms with E-state index in [0.29, 0.717) is 6.42 Å². The molecular weight excluding hydrogens is 306 g/mol. The van der Waals surface area contributed by atoms with E-state index < -0.39 is 33.1 Å². The summed E-state index contributed by atoms with van der Waals surface area (Å²) in [6, 6.07) is 2.92. The second-order valence-corrected chi connectivity index (χ2v) is 5.53. The van der Waals surface area contributed by atoms with Crippen LogP contribution in [0.4, 0.5) is 11.4 Å². The average molecular weight is 323 g/mol. The summed E-state index contributed by atoms with van der Waals surface area (Å²) in [7, 11) is 0. The molecule has 9 nitrogen and oxygen atoms in total. The van der Waals surface area contributed by atoms with Crippen LogP contribution >= 0.6 is 0 Å². The Hall–Kier alpha value is -2.55. The second kappa shape index (κ2) is 7.14. The summed E-state index contributed by atoms with van der Waals surface area (Å²) in [5.41, 5.74) is 5.26. The lowest BCUT2D eigenvalue weighted by Crippen LogP contribution is -2.38. The van der Waals surface area contributed by atoms with E-state index in [-0.39, 0.29) is 18.2 Å². The smallest absolute Gasteiger partial charge is 0.310 e. The van der Waals surface area contributed by atoms with Crippen molar-refractivity contribution in [3.63, 3.8) is 0 Å². The van der Waals surface area contributed by atoms with E-state index in [2.05, 4.69) is 0 Å². The topological polar surface area (TPSA) is 139 Å². The van der Waals surface area contributed by atoms with Crippen LogP contribution in [0.3, 0.4) is 0 Å². The number of non-ortho nitro benzene ring substituents is 2. The Kier molecular flexibility index (Phi) is 5.22. The SMILES string of the molecule is N[C@H]1CCCCC1C(=O)OCc1cc([N+](=O)[O-])cc([N+](=O)[O-])c1. The van der Waals surface area contributed by atoms with E-state index in [9.17, 15) is 25.0 Å². The summed E-state index contributed by atoms with van der Waals surface area (Å²) in [5, 5.41) is 21.6. The molecule has 9 heteroatoms. The van der Waals surface area contributed by atoms with Crippen molar-refractivity contribution in [1.82, 2.24) is 0 Å². The first-order chi connectivity index (χ1) is 10.9. The number of nitrogens with zero attached hydrogens (tertiary/aromatic N) is 2. The van der Waals surface area contributed by atoms with Crippen LogP contribution in [-0.2, 0) is 16.1 Å². The Morgan fingerprint density at radius 1 is 1.13 bits per heavy atom. The maximum Gasteiger partial charge on any atom is 0.310 e. The Morgan fingerprint density at radius 3 is 2.22 bits per heavy atom. The van der Waals surface area contributed by atoms with Crippen molar-refractivity contribution in [1.29, 1.82) is 0 Å². The normalized spacial score (nSPS) is 20.7. The molecule has 1 aromatic carbocycles. The molecule has 0 saturated heterocycles. The first-order valence-corrected chi connectivity index (χ1v) is 7.23. The molecule has 0 amide bonds. The van der Waals surface area contributed by atoms with Crippen molar-refractivity contribution in [3.8, 4) is 0 Å². The molecule has 0 bridgehead atoms. The average Bonchev–Trinajstić information content (AvgIpc) is 2.52. The number of hydrogen-bond donors (Lipinski definition) is 1. The van der Waals surface area contributed by atoms with Gasteiger partial charge in [-0.15, -0.1) is 0 Å². The second-order valence-electron chi connectivity index (χ2n) is 5.53. The van der Waals surface area contributed by atoms with E-state index in [1.807, 2.05) is 0 Å². The van der Waals surface area contributed by atoms with Crippen molar-refractivity contribution in [2.24, 2.45) is 11.7 Å². The number of carbonyl (C=O) groups excluding carboxylic acids is 1. The highest BCUT2D eigenvalue weighted by molar-refractivity contribution is 5.73. The van der Waals surface area contributed by atoms with Crippen molar-refractivity contribution in [3.05, 3.63) is 44.0 Å². The minimum atomic E-state index is -0.727. The van der Waals surface area contributed by atoms with Crippen LogP contribution in [0.5, 0.6) is 0 Å². The Morgan fingerprint density at radius 2 is 1.70 bits per heavy atom. The number of esters is 1. The lowest BCUT2D eigenvalue weighted by molar-refractivity contribution is -0.394. The molecule has 1 saturated carbocycles. The minimum absolute atomic E-state index is 0.198. The minimum Gasteiger partial charge on any atom is -0.461 e. The van der Waals surface area contributed by atoms with Gasteiger partial charge < -0.3 is 10.5 Å². The van der Waals surface area contributed by atoms with Gasteiger partial charge in [0.25, 0.3) is 11.4 Å². The summed E-state index contributed by atoms with van der Waals surface area (Å²) in [6.07, 6.45) is 3.27. The van der Waals surface area contributed by atoms with E-state index in [4.69, 9.17) is 10.5 Å². The molecule has 2 N–H and O–H groups in total. The van der Waals surface area contributed by atoms with Crippen LogP contribution in [0, 0.1) is 26.1 Å². The summed E-state index contributed by atoms with van der Waals surface area (Å²) < 4.78 is 5.14. The number of benzene rings is 1. The molecule has 2 atom stereocenters. The van der Waals surface area contributed by atoms with Crippen LogP contribution in [-0.4, -0.2) is 21.9 Å². The third kappa shape index (κ3) is 4.22. The summed E-state index contributed by atoms with van der Waals surface area (Å²) >= 11 is 0. The highest BCUT2D eigenvalue weighted by Gasteiger charge is 2.29. The van der Waals surface area contributed by atoms with Gasteiger partial charge in [0.15, 0.2) is 0 Å². The summed E-state index contributed by atoms with van der Waals surface area (Å²) in [4.78, 5) is 32.2. The number of rotatable bonds is 5. The highest BCUT2D eigenvalue weighted by atomic mass is 16.6. The maximum absolute atomic E-state index is 12.0. The number of nitro benzene ring substituents is 2. The van der Waals surface area contributed by atoms with E-state index in [1.54, 1.807) is 0 Å². The van der Waals surface area contributed by atoms with E-state index in [1.165, 1.54) is 0 Å². The van der Waals surface area contributed by atoms with Crippen LogP contribution in [0.25, 0.3) is 0 Å². The van der Waals surface area contributed by atoms with Gasteiger partial charge in [0, 0.05) is 23.7 Å². The Labute approximate surface area is 131 Å². The van der Waals surface area contributed by atoms with Gasteiger partial charge in [-0.25, -0.2) is 0 Å². The van der Waals surface area contributed by atoms with Crippen LogP contribution in [0.1, 0.15) is 31.2 Å². The van der Waals surface area contributed by atoms with Crippen molar-refractivity contribution in [2.75, 3.05) is 0 Å². The summed E-state index contributed by atoms with van der Waals surface area (Å²) in [6.45, 7) is -0.259. The molecule has 1 fully saturated rings. The fraction of sp³-hybridized carbons (Fsp3) is 0.500. The van der Waals surface area contributed by atoms with Gasteiger partial charge in [0.05, 0.1) is 21.8 Å². The zero-order chi connectivity index (χ0) is 17.0. The lowest BCUT2D eigenvalue weighted by Gasteiger charge is -2.26. The fourth-order valence-electron chi connectivity index (χ4n) is 2.66. The Bertz CT molecular complexity index is 601. The van der Waals surface area contributed by atoms with Gasteiger partial charge in [0.1, 0.15) is 6.61 Å². The molecule has 0 aromatic heterocycles. The number of nitrogens with two attached hydrogens (primary N) is 1. The molecule has 23 heavy (non-hydrogen) atoms. The highest BCUT2D eigenvalue weighted by Crippen LogP contribution is 2.26. The zero-order valence-electron chi connectivity index (χ0n) is 12.3. The van der Waals surface area contributed by atoms with Gasteiger partial charge in [-0.2, -0.15) is 0 Å². The molecule has 1 aliphatic carbocycles. The van der Waals surface area contributed by atoms with Crippen LogP contribution in [0.2, 0.25) is 0 Å². The molecule has 1 unspecified atom stereocenters. The van der Waals surface area contributed by atoms with Crippen molar-refractivity contribution < 1.29 is 19.4 Å². The molecule has 0 heterocycles. The first kappa shape index (κ1) is 16.8. The lowest BCUT2D eigenvalue weighted by atomic mass is 9.85. The number of ether oxygens (including phenoxy) is 1. The third-order valence-corrected chi connectivity index (χ3v) is 3.89.